The van der Waals surface area contributed by atoms with E-state index in [1.807, 2.05) is 0 Å². The van der Waals surface area contributed by atoms with E-state index in [1.165, 1.54) is 31.0 Å². The molecule has 0 bridgehead atoms. The summed E-state index contributed by atoms with van der Waals surface area (Å²) in [5.41, 5.74) is 0.203. The SMILES string of the molecule is COCCn1cc(S(=O)(=O)Cl)cc1C(=O)NCC(C)OC. The molecule has 1 atom stereocenters. The summed E-state index contributed by atoms with van der Waals surface area (Å²) in [7, 11) is 4.47. The van der Waals surface area contributed by atoms with E-state index in [-0.39, 0.29) is 16.7 Å². The van der Waals surface area contributed by atoms with Crippen LogP contribution in [0.3, 0.4) is 0 Å². The van der Waals surface area contributed by atoms with Gasteiger partial charge in [-0.05, 0) is 13.0 Å². The number of amides is 1. The van der Waals surface area contributed by atoms with E-state index < -0.39 is 15.0 Å². The lowest BCUT2D eigenvalue weighted by Gasteiger charge is -2.12. The number of halogens is 1. The minimum Gasteiger partial charge on any atom is -0.383 e. The third-order valence-corrected chi connectivity index (χ3v) is 4.20. The smallest absolute Gasteiger partial charge is 0.268 e. The van der Waals surface area contributed by atoms with Crippen LogP contribution in [-0.4, -0.2) is 52.4 Å². The molecule has 1 N–H and O–H groups in total. The Kier molecular flexibility index (Phi) is 6.66. The summed E-state index contributed by atoms with van der Waals surface area (Å²) in [6, 6.07) is 1.24. The van der Waals surface area contributed by atoms with Gasteiger partial charge < -0.3 is 19.4 Å². The van der Waals surface area contributed by atoms with Crippen LogP contribution in [0.15, 0.2) is 17.2 Å². The molecule has 7 nitrogen and oxygen atoms in total. The standard InChI is InChI=1S/C12H19ClN2O5S/c1-9(20-3)7-14-12(16)11-6-10(21(13,17)18)8-15(11)4-5-19-2/h6,8-9H,4-5,7H2,1-3H3,(H,14,16). The van der Waals surface area contributed by atoms with Gasteiger partial charge in [0.1, 0.15) is 10.6 Å². The fraction of sp³-hybridized carbons (Fsp3) is 0.583. The van der Waals surface area contributed by atoms with Crippen molar-refractivity contribution in [2.24, 2.45) is 0 Å². The van der Waals surface area contributed by atoms with E-state index in [4.69, 9.17) is 20.2 Å². The number of nitrogens with one attached hydrogen (secondary N) is 1. The monoisotopic (exact) mass is 338 g/mol. The third-order valence-electron chi connectivity index (χ3n) is 2.87. The molecule has 0 aliphatic carbocycles. The number of hydrogen-bond acceptors (Lipinski definition) is 5. The van der Waals surface area contributed by atoms with Crippen molar-refractivity contribution < 1.29 is 22.7 Å². The van der Waals surface area contributed by atoms with Gasteiger partial charge in [0.25, 0.3) is 15.0 Å². The van der Waals surface area contributed by atoms with Crippen LogP contribution in [0.4, 0.5) is 0 Å². The number of carbonyl (C=O) groups is 1. The molecular formula is C12H19ClN2O5S. The normalized spacial score (nSPS) is 13.1. The topological polar surface area (TPSA) is 86.6 Å². The zero-order valence-electron chi connectivity index (χ0n) is 12.1. The van der Waals surface area contributed by atoms with Crippen LogP contribution in [0, 0.1) is 0 Å². The van der Waals surface area contributed by atoms with Crippen molar-refractivity contribution in [3.8, 4) is 0 Å². The minimum atomic E-state index is -3.89. The Morgan fingerprint density at radius 3 is 2.67 bits per heavy atom. The van der Waals surface area contributed by atoms with Gasteiger partial charge in [0, 0.05) is 44.2 Å². The zero-order valence-corrected chi connectivity index (χ0v) is 13.7. The van der Waals surface area contributed by atoms with Gasteiger partial charge in [-0.3, -0.25) is 4.79 Å². The molecule has 1 unspecified atom stereocenters. The van der Waals surface area contributed by atoms with Crippen molar-refractivity contribution in [3.05, 3.63) is 18.0 Å². The Labute approximate surface area is 128 Å². The summed E-state index contributed by atoms with van der Waals surface area (Å²) in [5, 5.41) is 2.67. The molecule has 0 aliphatic heterocycles. The first-order valence-electron chi connectivity index (χ1n) is 6.24. The van der Waals surface area contributed by atoms with E-state index in [9.17, 15) is 13.2 Å². The molecule has 21 heavy (non-hydrogen) atoms. The Balaban J connectivity index is 2.97. The fourth-order valence-corrected chi connectivity index (χ4v) is 2.35. The molecule has 1 rings (SSSR count). The maximum absolute atomic E-state index is 12.1. The van der Waals surface area contributed by atoms with Crippen LogP contribution < -0.4 is 5.32 Å². The molecule has 9 heteroatoms. The summed E-state index contributed by atoms with van der Waals surface area (Å²) in [4.78, 5) is 12.0. The average molecular weight is 339 g/mol. The summed E-state index contributed by atoms with van der Waals surface area (Å²) in [6.07, 6.45) is 1.17. The van der Waals surface area contributed by atoms with Crippen molar-refractivity contribution in [1.29, 1.82) is 0 Å². The lowest BCUT2D eigenvalue weighted by molar-refractivity contribution is 0.0860. The Morgan fingerprint density at radius 2 is 2.14 bits per heavy atom. The molecule has 0 aliphatic rings. The highest BCUT2D eigenvalue weighted by molar-refractivity contribution is 8.13. The Morgan fingerprint density at radius 1 is 1.48 bits per heavy atom. The number of aromatic nitrogens is 1. The zero-order chi connectivity index (χ0) is 16.0. The third kappa shape index (κ3) is 5.31. The molecule has 1 aromatic rings. The van der Waals surface area contributed by atoms with Crippen LogP contribution in [0.5, 0.6) is 0 Å². The van der Waals surface area contributed by atoms with Gasteiger partial charge in [-0.2, -0.15) is 0 Å². The van der Waals surface area contributed by atoms with Gasteiger partial charge in [-0.1, -0.05) is 0 Å². The quantitative estimate of drug-likeness (QED) is 0.709. The molecule has 0 spiro atoms. The number of carbonyl (C=O) groups excluding carboxylic acids is 1. The maximum atomic E-state index is 12.1. The van der Waals surface area contributed by atoms with E-state index in [1.54, 1.807) is 6.92 Å². The lowest BCUT2D eigenvalue weighted by Crippen LogP contribution is -2.33. The maximum Gasteiger partial charge on any atom is 0.268 e. The van der Waals surface area contributed by atoms with Crippen molar-refractivity contribution in [2.45, 2.75) is 24.5 Å². The molecule has 0 aromatic carbocycles. The Hall–Kier alpha value is -1.09. The van der Waals surface area contributed by atoms with Crippen molar-refractivity contribution >= 4 is 25.6 Å². The molecular weight excluding hydrogens is 320 g/mol. The second-order valence-corrected chi connectivity index (χ2v) is 7.01. The highest BCUT2D eigenvalue weighted by Gasteiger charge is 2.20. The molecule has 0 radical (unpaired) electrons. The predicted octanol–water partition coefficient (Wildman–Crippen LogP) is 0.827. The number of ether oxygens (including phenoxy) is 2. The van der Waals surface area contributed by atoms with Crippen LogP contribution in [0.1, 0.15) is 17.4 Å². The van der Waals surface area contributed by atoms with Crippen LogP contribution >= 0.6 is 10.7 Å². The first kappa shape index (κ1) is 18.0. The lowest BCUT2D eigenvalue weighted by atomic mass is 10.3. The van der Waals surface area contributed by atoms with Crippen LogP contribution in [0.25, 0.3) is 0 Å². The van der Waals surface area contributed by atoms with E-state index in [2.05, 4.69) is 5.32 Å². The average Bonchev–Trinajstić information content (AvgIpc) is 2.86. The highest BCUT2D eigenvalue weighted by Crippen LogP contribution is 2.18. The van der Waals surface area contributed by atoms with E-state index >= 15 is 0 Å². The van der Waals surface area contributed by atoms with E-state index in [0.717, 1.165) is 0 Å². The summed E-state index contributed by atoms with van der Waals surface area (Å²) in [5.74, 6) is -0.401. The van der Waals surface area contributed by atoms with Gasteiger partial charge in [0.15, 0.2) is 0 Å². The van der Waals surface area contributed by atoms with Gasteiger partial charge in [0.2, 0.25) is 0 Å². The molecule has 0 saturated heterocycles. The number of nitrogens with zero attached hydrogens (tertiary/aromatic N) is 1. The van der Waals surface area contributed by atoms with Crippen molar-refractivity contribution in [2.75, 3.05) is 27.4 Å². The number of rotatable bonds is 8. The highest BCUT2D eigenvalue weighted by atomic mass is 35.7. The summed E-state index contributed by atoms with van der Waals surface area (Å²) in [6.45, 7) is 2.79. The number of methoxy groups -OCH3 is 2. The first-order valence-corrected chi connectivity index (χ1v) is 8.55. The molecule has 1 aromatic heterocycles. The van der Waals surface area contributed by atoms with Gasteiger partial charge in [-0.15, -0.1) is 0 Å². The predicted molar refractivity (Wildman–Crippen MR) is 78.2 cm³/mol. The largest absolute Gasteiger partial charge is 0.383 e. The molecule has 120 valence electrons. The van der Waals surface area contributed by atoms with Gasteiger partial charge in [0.05, 0.1) is 12.7 Å². The van der Waals surface area contributed by atoms with Gasteiger partial charge >= 0.3 is 0 Å². The minimum absolute atomic E-state index is 0.120. The summed E-state index contributed by atoms with van der Waals surface area (Å²) >= 11 is 0. The molecule has 0 fully saturated rings. The van der Waals surface area contributed by atoms with Crippen molar-refractivity contribution in [3.63, 3.8) is 0 Å². The van der Waals surface area contributed by atoms with E-state index in [0.29, 0.717) is 19.7 Å². The second-order valence-electron chi connectivity index (χ2n) is 4.44. The molecule has 1 heterocycles. The van der Waals surface area contributed by atoms with Crippen LogP contribution in [-0.2, 0) is 25.1 Å². The molecule has 1 amide bonds. The van der Waals surface area contributed by atoms with Crippen LogP contribution in [0.2, 0.25) is 0 Å². The molecule has 0 saturated carbocycles. The number of hydrogen-bond donors (Lipinski definition) is 1. The van der Waals surface area contributed by atoms with Gasteiger partial charge in [-0.25, -0.2) is 8.42 Å². The second kappa shape index (κ2) is 7.79. The summed E-state index contributed by atoms with van der Waals surface area (Å²) < 4.78 is 34.2. The first-order chi connectivity index (χ1) is 9.79. The fourth-order valence-electron chi connectivity index (χ4n) is 1.59. The Bertz CT molecular complexity index is 584. The van der Waals surface area contributed by atoms with Crippen molar-refractivity contribution in [1.82, 2.24) is 9.88 Å².